The summed E-state index contributed by atoms with van der Waals surface area (Å²) in [5.74, 6) is 1.43. The van der Waals surface area contributed by atoms with Crippen molar-refractivity contribution in [3.63, 3.8) is 0 Å². The molecule has 1 aliphatic rings. The van der Waals surface area contributed by atoms with Gasteiger partial charge in [0.15, 0.2) is 0 Å². The van der Waals surface area contributed by atoms with E-state index in [9.17, 15) is 0 Å². The van der Waals surface area contributed by atoms with Crippen molar-refractivity contribution in [1.29, 1.82) is 0 Å². The van der Waals surface area contributed by atoms with Crippen molar-refractivity contribution in [3.05, 3.63) is 151 Å². The van der Waals surface area contributed by atoms with Gasteiger partial charge in [-0.15, -0.1) is 10.2 Å². The minimum Gasteiger partial charge on any atom is -0.428 e. The molecule has 6 heteroatoms. The van der Waals surface area contributed by atoms with Crippen LogP contribution in [0.25, 0.3) is 78.0 Å². The quantitative estimate of drug-likeness (QED) is 0.205. The van der Waals surface area contributed by atoms with Crippen LogP contribution in [-0.2, 0) is 6.42 Å². The van der Waals surface area contributed by atoms with Gasteiger partial charge in [-0.25, -0.2) is 4.98 Å². The molecule has 0 radical (unpaired) electrons. The summed E-state index contributed by atoms with van der Waals surface area (Å²) < 4.78 is 10.0. The maximum absolute atomic E-state index is 5.49. The maximum atomic E-state index is 5.49. The third kappa shape index (κ3) is 3.55. The lowest BCUT2D eigenvalue weighted by atomic mass is 9.81. The van der Waals surface area contributed by atoms with Gasteiger partial charge in [0.1, 0.15) is 0 Å². The van der Waals surface area contributed by atoms with Crippen molar-refractivity contribution in [2.24, 2.45) is 0 Å². The Bertz CT molecular complexity index is 2620. The zero-order valence-electron chi connectivity index (χ0n) is 24.6. The van der Waals surface area contributed by atoms with E-state index in [1.807, 2.05) is 0 Å². The molecule has 1 aliphatic carbocycles. The van der Waals surface area contributed by atoms with E-state index in [2.05, 4.69) is 153 Å². The van der Waals surface area contributed by atoms with Gasteiger partial charge in [-0.3, -0.25) is 8.97 Å². The molecule has 3 aromatic heterocycles. The Morgan fingerprint density at radius 3 is 1.72 bits per heavy atom. The monoisotopic (exact) mass is 591 g/mol. The van der Waals surface area contributed by atoms with Gasteiger partial charge >= 0.3 is 0 Å². The summed E-state index contributed by atoms with van der Waals surface area (Å²) in [5, 5.41) is 7.99. The average molecular weight is 592 g/mol. The molecular formula is C40H25N5O. The normalized spacial score (nSPS) is 12.0. The number of rotatable bonds is 3. The summed E-state index contributed by atoms with van der Waals surface area (Å²) in [7, 11) is 0. The van der Waals surface area contributed by atoms with Crippen LogP contribution >= 0.6 is 0 Å². The number of aromatic nitrogens is 5. The van der Waals surface area contributed by atoms with Gasteiger partial charge in [0.25, 0.3) is 0 Å². The second kappa shape index (κ2) is 9.61. The predicted molar refractivity (Wildman–Crippen MR) is 182 cm³/mol. The van der Waals surface area contributed by atoms with Gasteiger partial charge < -0.3 is 4.42 Å². The Kier molecular flexibility index (Phi) is 5.25. The van der Waals surface area contributed by atoms with Crippen LogP contribution in [0.1, 0.15) is 11.5 Å². The average Bonchev–Trinajstić information content (AvgIpc) is 3.84. The SMILES string of the molecule is c1ccc2c(c1)-c1ccccc1-c1ccc(-n3c4ccccc4n4c5cccc(Cc6nnco6)c5nc34)cc1-c1ccccc1-2. The molecular weight excluding hydrogens is 566 g/mol. The molecule has 0 spiro atoms. The van der Waals surface area contributed by atoms with Gasteiger partial charge in [-0.05, 0) is 80.4 Å². The van der Waals surface area contributed by atoms with E-state index in [0.29, 0.717) is 12.3 Å². The Morgan fingerprint density at radius 2 is 1.09 bits per heavy atom. The van der Waals surface area contributed by atoms with Crippen molar-refractivity contribution in [2.45, 2.75) is 6.42 Å². The molecule has 0 saturated heterocycles. The lowest BCUT2D eigenvalue weighted by Gasteiger charge is -2.23. The Hall–Kier alpha value is -6.27. The van der Waals surface area contributed by atoms with Gasteiger partial charge in [0, 0.05) is 5.69 Å². The van der Waals surface area contributed by atoms with Crippen LogP contribution in [0.5, 0.6) is 0 Å². The molecule has 10 rings (SSSR count). The van der Waals surface area contributed by atoms with Crippen LogP contribution in [0.3, 0.4) is 0 Å². The first-order chi connectivity index (χ1) is 22.8. The van der Waals surface area contributed by atoms with Crippen molar-refractivity contribution >= 4 is 27.8 Å². The third-order valence-corrected chi connectivity index (χ3v) is 9.26. The molecule has 0 atom stereocenters. The molecule has 6 aromatic carbocycles. The first-order valence-electron chi connectivity index (χ1n) is 15.4. The smallest absolute Gasteiger partial charge is 0.220 e. The Balaban J connectivity index is 1.27. The molecule has 0 fully saturated rings. The highest BCUT2D eigenvalue weighted by atomic mass is 16.4. The fourth-order valence-corrected chi connectivity index (χ4v) is 7.30. The van der Waals surface area contributed by atoms with Crippen LogP contribution in [0.2, 0.25) is 0 Å². The van der Waals surface area contributed by atoms with E-state index in [1.54, 1.807) is 0 Å². The first kappa shape index (κ1) is 25.1. The summed E-state index contributed by atoms with van der Waals surface area (Å²) in [4.78, 5) is 5.30. The summed E-state index contributed by atoms with van der Waals surface area (Å²) >= 11 is 0. The second-order valence-electron chi connectivity index (χ2n) is 11.7. The number of imidazole rings is 2. The molecule has 3 heterocycles. The summed E-state index contributed by atoms with van der Waals surface area (Å²) in [6.45, 7) is 0. The molecule has 0 amide bonds. The van der Waals surface area contributed by atoms with Gasteiger partial charge in [0.2, 0.25) is 18.1 Å². The Morgan fingerprint density at radius 1 is 0.522 bits per heavy atom. The molecule has 9 aromatic rings. The van der Waals surface area contributed by atoms with E-state index < -0.39 is 0 Å². The number of benzene rings is 6. The number of nitrogens with zero attached hydrogens (tertiary/aromatic N) is 5. The Labute approximate surface area is 263 Å². The van der Waals surface area contributed by atoms with Crippen LogP contribution in [0, 0.1) is 0 Å². The van der Waals surface area contributed by atoms with Crippen molar-refractivity contribution in [3.8, 4) is 50.2 Å². The lowest BCUT2D eigenvalue weighted by Crippen LogP contribution is -2.00. The molecule has 216 valence electrons. The van der Waals surface area contributed by atoms with Crippen molar-refractivity contribution < 1.29 is 4.42 Å². The van der Waals surface area contributed by atoms with Crippen LogP contribution in [0.4, 0.5) is 0 Å². The third-order valence-electron chi connectivity index (χ3n) is 9.26. The van der Waals surface area contributed by atoms with E-state index in [-0.39, 0.29) is 0 Å². The fourth-order valence-electron chi connectivity index (χ4n) is 7.30. The fraction of sp³-hybridized carbons (Fsp3) is 0.0250. The summed E-state index contributed by atoms with van der Waals surface area (Å²) in [5.41, 5.74) is 16.1. The summed E-state index contributed by atoms with van der Waals surface area (Å²) in [6, 6.07) is 47.9. The largest absolute Gasteiger partial charge is 0.428 e. The summed E-state index contributed by atoms with van der Waals surface area (Å²) in [6.07, 6.45) is 1.89. The van der Waals surface area contributed by atoms with Crippen molar-refractivity contribution in [2.75, 3.05) is 0 Å². The minimum atomic E-state index is 0.520. The maximum Gasteiger partial charge on any atom is 0.220 e. The van der Waals surface area contributed by atoms with E-state index >= 15 is 0 Å². The van der Waals surface area contributed by atoms with Crippen molar-refractivity contribution in [1.82, 2.24) is 24.1 Å². The molecule has 0 aliphatic heterocycles. The molecule has 0 bridgehead atoms. The zero-order valence-corrected chi connectivity index (χ0v) is 24.6. The highest BCUT2D eigenvalue weighted by molar-refractivity contribution is 6.03. The van der Waals surface area contributed by atoms with E-state index in [1.165, 1.54) is 50.9 Å². The zero-order chi connectivity index (χ0) is 30.2. The highest BCUT2D eigenvalue weighted by Gasteiger charge is 2.24. The van der Waals surface area contributed by atoms with Crippen LogP contribution in [-0.4, -0.2) is 24.1 Å². The number of fused-ring (bicyclic) bond motifs is 13. The molecule has 0 saturated carbocycles. The molecule has 0 N–H and O–H groups in total. The van der Waals surface area contributed by atoms with E-state index in [4.69, 9.17) is 9.40 Å². The highest BCUT2D eigenvalue weighted by Crippen LogP contribution is 2.48. The lowest BCUT2D eigenvalue weighted by molar-refractivity contribution is 0.505. The number of para-hydroxylation sites is 3. The van der Waals surface area contributed by atoms with Crippen LogP contribution in [0.15, 0.2) is 144 Å². The first-order valence-corrected chi connectivity index (χ1v) is 15.4. The topological polar surface area (TPSA) is 61.2 Å². The van der Waals surface area contributed by atoms with Gasteiger partial charge in [-0.2, -0.15) is 0 Å². The van der Waals surface area contributed by atoms with Gasteiger partial charge in [-0.1, -0.05) is 103 Å². The van der Waals surface area contributed by atoms with Crippen LogP contribution < -0.4 is 0 Å². The molecule has 6 nitrogen and oxygen atoms in total. The van der Waals surface area contributed by atoms with E-state index in [0.717, 1.165) is 39.1 Å². The number of hydrogen-bond donors (Lipinski definition) is 0. The number of hydrogen-bond acceptors (Lipinski definition) is 4. The van der Waals surface area contributed by atoms with Gasteiger partial charge in [0.05, 0.1) is 28.5 Å². The minimum absolute atomic E-state index is 0.520. The molecule has 46 heavy (non-hydrogen) atoms. The standard InChI is InChI=1S/C40H25N5O/c1-2-12-28-27(11-1)29-13-3-4-15-31(29)33-21-20-26(23-34(33)32-16-6-5-14-30(28)32)44-35-17-7-8-18-36(35)45-37-19-9-10-25(39(37)42-40(44)45)22-38-43-41-24-46-38/h1-21,23-24H,22H2. The second-order valence-corrected chi connectivity index (χ2v) is 11.7. The molecule has 0 unspecified atom stereocenters. The predicted octanol–water partition coefficient (Wildman–Crippen LogP) is 9.39.